The molecule has 18 heavy (non-hydrogen) atoms. The second-order valence-electron chi connectivity index (χ2n) is 4.08. The molecule has 0 aliphatic heterocycles. The minimum atomic E-state index is -0.662. The molecule has 0 saturated carbocycles. The van der Waals surface area contributed by atoms with Crippen LogP contribution in [0.3, 0.4) is 0 Å². The zero-order valence-electron chi connectivity index (χ0n) is 9.45. The normalized spacial score (nSPS) is 10.8. The molecule has 0 amide bonds. The minimum absolute atomic E-state index is 0.0248. The molecule has 0 aliphatic carbocycles. The Hall–Kier alpha value is -2.22. The summed E-state index contributed by atoms with van der Waals surface area (Å²) < 4.78 is 27.3. The molecule has 0 unspecified atom stereocenters. The maximum Gasteiger partial charge on any atom is 0.141 e. The van der Waals surface area contributed by atoms with Crippen molar-refractivity contribution in [2.45, 2.75) is 0 Å². The van der Waals surface area contributed by atoms with Gasteiger partial charge in [0.1, 0.15) is 11.6 Å². The largest absolute Gasteiger partial charge is 0.206 e. The van der Waals surface area contributed by atoms with Gasteiger partial charge in [-0.15, -0.1) is 0 Å². The van der Waals surface area contributed by atoms with E-state index in [2.05, 4.69) is 6.07 Å². The Kier molecular flexibility index (Phi) is 2.56. The van der Waals surface area contributed by atoms with Crippen LogP contribution in [-0.2, 0) is 0 Å². The molecule has 0 aromatic heterocycles. The van der Waals surface area contributed by atoms with Crippen LogP contribution < -0.4 is 0 Å². The van der Waals surface area contributed by atoms with Gasteiger partial charge in [0, 0.05) is 6.07 Å². The lowest BCUT2D eigenvalue weighted by atomic mass is 10.0. The van der Waals surface area contributed by atoms with E-state index in [4.69, 9.17) is 0 Å². The molecule has 2 heteroatoms. The third-order valence-corrected chi connectivity index (χ3v) is 2.94. The van der Waals surface area contributed by atoms with E-state index in [1.54, 1.807) is 12.1 Å². The van der Waals surface area contributed by atoms with Crippen LogP contribution in [0.15, 0.2) is 54.6 Å². The second kappa shape index (κ2) is 4.22. The average Bonchev–Trinajstić information content (AvgIpc) is 2.38. The predicted octanol–water partition coefficient (Wildman–Crippen LogP) is 4.59. The summed E-state index contributed by atoms with van der Waals surface area (Å²) in [5.74, 6) is -1.23. The van der Waals surface area contributed by atoms with Crippen LogP contribution in [0, 0.1) is 17.7 Å². The van der Waals surface area contributed by atoms with E-state index in [9.17, 15) is 8.78 Å². The summed E-state index contributed by atoms with van der Waals surface area (Å²) in [7, 11) is 0. The van der Waals surface area contributed by atoms with Gasteiger partial charge in [0.2, 0.25) is 0 Å². The number of fused-ring (bicyclic) bond motifs is 1. The number of halogens is 2. The van der Waals surface area contributed by atoms with Crippen molar-refractivity contribution in [3.63, 3.8) is 0 Å². The van der Waals surface area contributed by atoms with Crippen molar-refractivity contribution in [3.05, 3.63) is 72.3 Å². The summed E-state index contributed by atoms with van der Waals surface area (Å²) >= 11 is 0. The van der Waals surface area contributed by atoms with Gasteiger partial charge in [0.15, 0.2) is 0 Å². The first-order valence-corrected chi connectivity index (χ1v) is 5.60. The van der Waals surface area contributed by atoms with Gasteiger partial charge < -0.3 is 0 Å². The van der Waals surface area contributed by atoms with Crippen LogP contribution in [0.25, 0.3) is 21.9 Å². The van der Waals surface area contributed by atoms with E-state index in [1.807, 2.05) is 30.3 Å². The quantitative estimate of drug-likeness (QED) is 0.582. The highest BCUT2D eigenvalue weighted by atomic mass is 19.1. The van der Waals surface area contributed by atoms with Crippen molar-refractivity contribution in [3.8, 4) is 11.1 Å². The SMILES string of the molecule is Fc1[c]ccc(F)c1-c1ccc2ccccc2c1. The molecule has 0 aliphatic rings. The van der Waals surface area contributed by atoms with Crippen LogP contribution in [0.5, 0.6) is 0 Å². The van der Waals surface area contributed by atoms with Gasteiger partial charge in [-0.3, -0.25) is 0 Å². The molecule has 0 spiro atoms. The fraction of sp³-hybridized carbons (Fsp3) is 0. The summed E-state index contributed by atoms with van der Waals surface area (Å²) in [5, 5.41) is 2.00. The molecule has 0 fully saturated rings. The molecule has 3 aromatic rings. The number of rotatable bonds is 1. The maximum absolute atomic E-state index is 13.7. The Labute approximate surface area is 104 Å². The molecule has 0 saturated heterocycles. The maximum atomic E-state index is 13.7. The Morgan fingerprint density at radius 1 is 0.833 bits per heavy atom. The first kappa shape index (κ1) is 10.9. The van der Waals surface area contributed by atoms with Crippen LogP contribution in [0.4, 0.5) is 8.78 Å². The van der Waals surface area contributed by atoms with Crippen molar-refractivity contribution in [1.82, 2.24) is 0 Å². The van der Waals surface area contributed by atoms with Crippen LogP contribution in [0.2, 0.25) is 0 Å². The van der Waals surface area contributed by atoms with Crippen molar-refractivity contribution in [2.75, 3.05) is 0 Å². The summed E-state index contributed by atoms with van der Waals surface area (Å²) in [6, 6.07) is 17.9. The van der Waals surface area contributed by atoms with Gasteiger partial charge in [-0.25, -0.2) is 8.78 Å². The van der Waals surface area contributed by atoms with Gasteiger partial charge >= 0.3 is 0 Å². The summed E-state index contributed by atoms with van der Waals surface area (Å²) in [6.07, 6.45) is 0. The summed E-state index contributed by atoms with van der Waals surface area (Å²) in [4.78, 5) is 0. The molecular formula is C16H9F2. The average molecular weight is 239 g/mol. The Bertz CT molecular complexity index is 697. The molecule has 0 bridgehead atoms. The smallest absolute Gasteiger partial charge is 0.141 e. The van der Waals surface area contributed by atoms with Crippen LogP contribution >= 0.6 is 0 Å². The summed E-state index contributed by atoms with van der Waals surface area (Å²) in [5.41, 5.74) is 0.504. The number of benzene rings is 3. The lowest BCUT2D eigenvalue weighted by molar-refractivity contribution is 0.588. The van der Waals surface area contributed by atoms with Crippen molar-refractivity contribution in [2.24, 2.45) is 0 Å². The van der Waals surface area contributed by atoms with E-state index < -0.39 is 11.6 Å². The Balaban J connectivity index is 2.26. The lowest BCUT2D eigenvalue weighted by Crippen LogP contribution is -1.89. The highest BCUT2D eigenvalue weighted by molar-refractivity contribution is 5.87. The molecule has 1 radical (unpaired) electrons. The molecule has 0 heterocycles. The highest BCUT2D eigenvalue weighted by Crippen LogP contribution is 2.28. The zero-order chi connectivity index (χ0) is 12.5. The minimum Gasteiger partial charge on any atom is -0.206 e. The van der Waals surface area contributed by atoms with E-state index in [1.165, 1.54) is 12.1 Å². The monoisotopic (exact) mass is 239 g/mol. The number of hydrogen-bond acceptors (Lipinski definition) is 0. The van der Waals surface area contributed by atoms with Gasteiger partial charge in [0.05, 0.1) is 5.56 Å². The molecule has 0 atom stereocenters. The van der Waals surface area contributed by atoms with Gasteiger partial charge in [-0.2, -0.15) is 0 Å². The van der Waals surface area contributed by atoms with E-state index in [0.29, 0.717) is 5.56 Å². The van der Waals surface area contributed by atoms with Crippen LogP contribution in [0.1, 0.15) is 0 Å². The summed E-state index contributed by atoms with van der Waals surface area (Å²) in [6.45, 7) is 0. The molecule has 0 nitrogen and oxygen atoms in total. The van der Waals surface area contributed by atoms with Gasteiger partial charge in [-0.1, -0.05) is 36.4 Å². The van der Waals surface area contributed by atoms with Gasteiger partial charge in [0.25, 0.3) is 0 Å². The second-order valence-corrected chi connectivity index (χ2v) is 4.08. The van der Waals surface area contributed by atoms with Gasteiger partial charge in [-0.05, 0) is 34.5 Å². The third kappa shape index (κ3) is 1.76. The lowest BCUT2D eigenvalue weighted by Gasteiger charge is -2.06. The molecule has 3 rings (SSSR count). The fourth-order valence-corrected chi connectivity index (χ4v) is 2.06. The van der Waals surface area contributed by atoms with E-state index >= 15 is 0 Å². The molecule has 3 aromatic carbocycles. The predicted molar refractivity (Wildman–Crippen MR) is 68.1 cm³/mol. The standard InChI is InChI=1S/C16H9F2/c17-14-6-3-7-15(18)16(14)13-9-8-11-4-1-2-5-12(11)10-13/h1-6,8-10H. The number of hydrogen-bond donors (Lipinski definition) is 0. The first-order chi connectivity index (χ1) is 8.75. The van der Waals surface area contributed by atoms with Crippen molar-refractivity contribution >= 4 is 10.8 Å². The molecule has 87 valence electrons. The van der Waals surface area contributed by atoms with Crippen molar-refractivity contribution in [1.29, 1.82) is 0 Å². The Morgan fingerprint density at radius 2 is 1.61 bits per heavy atom. The highest BCUT2D eigenvalue weighted by Gasteiger charge is 2.11. The van der Waals surface area contributed by atoms with E-state index in [0.717, 1.165) is 10.8 Å². The topological polar surface area (TPSA) is 0 Å². The molecule has 0 N–H and O–H groups in total. The fourth-order valence-electron chi connectivity index (χ4n) is 2.06. The third-order valence-electron chi connectivity index (χ3n) is 2.94. The van der Waals surface area contributed by atoms with E-state index in [-0.39, 0.29) is 5.56 Å². The zero-order valence-corrected chi connectivity index (χ0v) is 9.45. The van der Waals surface area contributed by atoms with Crippen molar-refractivity contribution < 1.29 is 8.78 Å². The Morgan fingerprint density at radius 3 is 2.39 bits per heavy atom. The molecular weight excluding hydrogens is 230 g/mol. The first-order valence-electron chi connectivity index (χ1n) is 5.60. The van der Waals surface area contributed by atoms with Crippen LogP contribution in [-0.4, -0.2) is 0 Å².